The number of hydrogen-bond donors (Lipinski definition) is 1. The highest BCUT2D eigenvalue weighted by molar-refractivity contribution is 5.48. The molecule has 2 aromatic heterocycles. The molecule has 3 heterocycles. The predicted molar refractivity (Wildman–Crippen MR) is 97.5 cm³/mol. The highest BCUT2D eigenvalue weighted by Crippen LogP contribution is 2.40. The van der Waals surface area contributed by atoms with Crippen LogP contribution in [0.5, 0.6) is 0 Å². The van der Waals surface area contributed by atoms with Gasteiger partial charge in [-0.3, -0.25) is 0 Å². The molecule has 4 rings (SSSR count). The van der Waals surface area contributed by atoms with Gasteiger partial charge in [0.1, 0.15) is 5.69 Å². The van der Waals surface area contributed by atoms with Crippen molar-refractivity contribution >= 4 is 11.9 Å². The first kappa shape index (κ1) is 18.4. The second-order valence-electron chi connectivity index (χ2n) is 7.60. The maximum Gasteiger partial charge on any atom is 0.251 e. The van der Waals surface area contributed by atoms with E-state index in [1.54, 1.807) is 16.8 Å². The fraction of sp³-hybridized carbons (Fsp3) is 0.632. The third-order valence-corrected chi connectivity index (χ3v) is 5.80. The first-order valence-corrected chi connectivity index (χ1v) is 9.57. The lowest BCUT2D eigenvalue weighted by Gasteiger charge is -2.31. The van der Waals surface area contributed by atoms with E-state index in [9.17, 15) is 8.78 Å². The number of imidazole rings is 1. The van der Waals surface area contributed by atoms with Gasteiger partial charge in [-0.2, -0.15) is 5.10 Å². The molecule has 6 nitrogen and oxygen atoms in total. The van der Waals surface area contributed by atoms with Crippen LogP contribution in [-0.2, 0) is 4.74 Å². The van der Waals surface area contributed by atoms with Crippen LogP contribution in [0.1, 0.15) is 67.6 Å². The highest BCUT2D eigenvalue weighted by atomic mass is 19.3. The maximum absolute atomic E-state index is 13.4. The van der Waals surface area contributed by atoms with Crippen molar-refractivity contribution in [2.24, 2.45) is 11.7 Å². The maximum atomic E-state index is 13.4. The summed E-state index contributed by atoms with van der Waals surface area (Å²) in [5.74, 6) is -1.79. The number of fused-ring (bicyclic) bond motifs is 1. The minimum absolute atomic E-state index is 0.00313. The van der Waals surface area contributed by atoms with Crippen LogP contribution in [0.3, 0.4) is 0 Å². The second kappa shape index (κ2) is 7.24. The minimum atomic E-state index is -2.56. The normalized spacial score (nSPS) is 22.8. The van der Waals surface area contributed by atoms with E-state index in [1.807, 2.05) is 0 Å². The molecule has 2 aliphatic rings. The molecule has 146 valence electrons. The predicted octanol–water partition coefficient (Wildman–Crippen LogP) is 3.49. The lowest BCUT2D eigenvalue weighted by atomic mass is 9.81. The van der Waals surface area contributed by atoms with Gasteiger partial charge in [0.15, 0.2) is 0 Å². The Morgan fingerprint density at radius 2 is 1.93 bits per heavy atom. The van der Waals surface area contributed by atoms with E-state index in [4.69, 9.17) is 15.5 Å². The third kappa shape index (κ3) is 3.73. The summed E-state index contributed by atoms with van der Waals surface area (Å²) in [6.45, 7) is 5.29. The smallest absolute Gasteiger partial charge is 0.251 e. The van der Waals surface area contributed by atoms with Crippen LogP contribution in [0.2, 0.25) is 0 Å². The summed E-state index contributed by atoms with van der Waals surface area (Å²) < 4.78 is 33.9. The highest BCUT2D eigenvalue weighted by Gasteiger charge is 2.37. The molecule has 1 aliphatic carbocycles. The molecule has 1 saturated carbocycles. The van der Waals surface area contributed by atoms with E-state index in [1.165, 1.54) is 0 Å². The van der Waals surface area contributed by atoms with Gasteiger partial charge in [0.25, 0.3) is 5.78 Å². The van der Waals surface area contributed by atoms with Gasteiger partial charge in [-0.1, -0.05) is 6.58 Å². The Hall–Kier alpha value is -1.93. The molecule has 0 spiro atoms. The van der Waals surface area contributed by atoms with Crippen molar-refractivity contribution in [1.82, 2.24) is 19.6 Å². The Balaban J connectivity index is 1.61. The summed E-state index contributed by atoms with van der Waals surface area (Å²) in [6, 6.07) is -0.386. The molecule has 0 amide bonds. The number of rotatable bonds is 4. The van der Waals surface area contributed by atoms with E-state index >= 15 is 0 Å². The Morgan fingerprint density at radius 1 is 1.22 bits per heavy atom. The van der Waals surface area contributed by atoms with Gasteiger partial charge >= 0.3 is 0 Å². The summed E-state index contributed by atoms with van der Waals surface area (Å²) in [6.07, 6.45) is 5.88. The summed E-state index contributed by atoms with van der Waals surface area (Å²) in [7, 11) is 0. The summed E-state index contributed by atoms with van der Waals surface area (Å²) in [5.41, 5.74) is 8.65. The first-order chi connectivity index (χ1) is 13.0. The van der Waals surface area contributed by atoms with Crippen molar-refractivity contribution < 1.29 is 13.5 Å². The van der Waals surface area contributed by atoms with Crippen LogP contribution in [0, 0.1) is 5.92 Å². The van der Waals surface area contributed by atoms with E-state index in [0.29, 0.717) is 37.5 Å². The van der Waals surface area contributed by atoms with Gasteiger partial charge in [-0.05, 0) is 37.7 Å². The van der Waals surface area contributed by atoms with Crippen LogP contribution in [0.15, 0.2) is 12.8 Å². The topological polar surface area (TPSA) is 78.3 Å². The molecule has 1 saturated heterocycles. The third-order valence-electron chi connectivity index (χ3n) is 5.80. The van der Waals surface area contributed by atoms with Gasteiger partial charge < -0.3 is 10.5 Å². The van der Waals surface area contributed by atoms with Crippen LogP contribution in [0.4, 0.5) is 8.78 Å². The molecule has 0 unspecified atom stereocenters. The lowest BCUT2D eigenvalue weighted by molar-refractivity contribution is -0.0484. The Labute approximate surface area is 156 Å². The zero-order valence-electron chi connectivity index (χ0n) is 15.3. The van der Waals surface area contributed by atoms with E-state index < -0.39 is 5.92 Å². The molecule has 0 aromatic carbocycles. The Kier molecular flexibility index (Phi) is 4.94. The standard InChI is InChI=1S/C19H25F2N5O/c1-2-14-17(13-5-9-27-10-6-13)24-18-23-15(11-26(18)25-14)16(22)12-3-7-19(20,21)8-4-12/h2,11-13,16H,1,3-10,22H2/t16-/m0/s1. The Morgan fingerprint density at radius 3 is 2.59 bits per heavy atom. The zero-order chi connectivity index (χ0) is 19.0. The van der Waals surface area contributed by atoms with Crippen molar-refractivity contribution in [3.8, 4) is 0 Å². The number of alkyl halides is 2. The molecule has 8 heteroatoms. The number of halogens is 2. The van der Waals surface area contributed by atoms with Crippen molar-refractivity contribution in [2.75, 3.05) is 13.2 Å². The molecule has 2 N–H and O–H groups in total. The molecular formula is C19H25F2N5O. The molecule has 0 bridgehead atoms. The van der Waals surface area contributed by atoms with Crippen molar-refractivity contribution in [2.45, 2.75) is 56.4 Å². The molecule has 0 radical (unpaired) electrons. The van der Waals surface area contributed by atoms with Crippen LogP contribution < -0.4 is 5.73 Å². The Bertz CT molecular complexity index is 821. The largest absolute Gasteiger partial charge is 0.381 e. The van der Waals surface area contributed by atoms with Gasteiger partial charge in [-0.25, -0.2) is 23.3 Å². The molecule has 2 aromatic rings. The van der Waals surface area contributed by atoms with Crippen LogP contribution in [-0.4, -0.2) is 38.7 Å². The monoisotopic (exact) mass is 377 g/mol. The molecule has 1 atom stereocenters. The average Bonchev–Trinajstić information content (AvgIpc) is 3.10. The van der Waals surface area contributed by atoms with E-state index in [-0.39, 0.29) is 30.7 Å². The van der Waals surface area contributed by atoms with Gasteiger partial charge in [0.05, 0.1) is 23.6 Å². The van der Waals surface area contributed by atoms with Crippen molar-refractivity contribution in [3.05, 3.63) is 29.9 Å². The second-order valence-corrected chi connectivity index (χ2v) is 7.60. The number of nitrogens with two attached hydrogens (primary N) is 1. The van der Waals surface area contributed by atoms with Gasteiger partial charge in [0.2, 0.25) is 5.92 Å². The van der Waals surface area contributed by atoms with Gasteiger partial charge in [0, 0.05) is 32.0 Å². The lowest BCUT2D eigenvalue weighted by Crippen LogP contribution is -2.31. The number of hydrogen-bond acceptors (Lipinski definition) is 5. The number of aromatic nitrogens is 4. The van der Waals surface area contributed by atoms with Gasteiger partial charge in [-0.15, -0.1) is 0 Å². The molecule has 1 aliphatic heterocycles. The molecule has 2 fully saturated rings. The van der Waals surface area contributed by atoms with Crippen molar-refractivity contribution in [1.29, 1.82) is 0 Å². The fourth-order valence-corrected chi connectivity index (χ4v) is 4.10. The molecular weight excluding hydrogens is 352 g/mol. The van der Waals surface area contributed by atoms with Crippen molar-refractivity contribution in [3.63, 3.8) is 0 Å². The molecule has 27 heavy (non-hydrogen) atoms. The van der Waals surface area contributed by atoms with Crippen LogP contribution >= 0.6 is 0 Å². The van der Waals surface area contributed by atoms with E-state index in [0.717, 1.165) is 24.2 Å². The first-order valence-electron chi connectivity index (χ1n) is 9.57. The minimum Gasteiger partial charge on any atom is -0.381 e. The number of nitrogens with zero attached hydrogens (tertiary/aromatic N) is 4. The summed E-state index contributed by atoms with van der Waals surface area (Å²) in [4.78, 5) is 9.29. The quantitative estimate of drug-likeness (QED) is 0.882. The zero-order valence-corrected chi connectivity index (χ0v) is 15.3. The average molecular weight is 377 g/mol. The fourth-order valence-electron chi connectivity index (χ4n) is 4.10. The number of ether oxygens (including phenoxy) is 1. The SMILES string of the molecule is C=Cc1nn2cc([C@@H](N)C3CCC(F)(F)CC3)nc2nc1C1CCOCC1. The van der Waals surface area contributed by atoms with E-state index in [2.05, 4.69) is 16.7 Å². The summed E-state index contributed by atoms with van der Waals surface area (Å²) >= 11 is 0. The van der Waals surface area contributed by atoms with Crippen LogP contribution in [0.25, 0.3) is 11.9 Å². The summed E-state index contributed by atoms with van der Waals surface area (Å²) in [5, 5.41) is 4.60.